The minimum absolute atomic E-state index is 0.347. The highest BCUT2D eigenvalue weighted by atomic mass is 32.2. The Morgan fingerprint density at radius 3 is 2.47 bits per heavy atom. The summed E-state index contributed by atoms with van der Waals surface area (Å²) >= 11 is 0. The summed E-state index contributed by atoms with van der Waals surface area (Å²) in [6.07, 6.45) is 0. The third kappa shape index (κ3) is 3.05. The quantitative estimate of drug-likeness (QED) is 0.802. The van der Waals surface area contributed by atoms with Crippen molar-refractivity contribution in [2.24, 2.45) is 0 Å². The average Bonchev–Trinajstić information content (AvgIpc) is 2.33. The normalized spacial score (nSPS) is 11.6. The fourth-order valence-corrected chi connectivity index (χ4v) is 2.50. The second-order valence-electron chi connectivity index (χ2n) is 3.23. The van der Waals surface area contributed by atoms with Crippen molar-refractivity contribution in [3.8, 4) is 0 Å². The fraction of sp³-hybridized carbons (Fsp3) is 0.500. The minimum atomic E-state index is -3.65. The lowest BCUT2D eigenvalue weighted by Gasteiger charge is -2.00. The topological polar surface area (TPSA) is 97.5 Å². The summed E-state index contributed by atoms with van der Waals surface area (Å²) in [6.45, 7) is 3.20. The van der Waals surface area contributed by atoms with Gasteiger partial charge in [-0.2, -0.15) is 0 Å². The van der Waals surface area contributed by atoms with E-state index in [1.807, 2.05) is 0 Å². The lowest BCUT2D eigenvalue weighted by molar-refractivity contribution is -0.134. The lowest BCUT2D eigenvalue weighted by Crippen LogP contribution is -2.17. The van der Waals surface area contributed by atoms with Crippen LogP contribution in [0.25, 0.3) is 0 Å². The number of rotatable bonds is 4. The fourth-order valence-electron chi connectivity index (χ4n) is 1.17. The molecule has 0 fully saturated rings. The minimum Gasteiger partial charge on any atom is -0.480 e. The zero-order chi connectivity index (χ0) is 11.6. The Bertz CT molecular complexity index is 454. The van der Waals surface area contributed by atoms with E-state index in [9.17, 15) is 13.2 Å². The van der Waals surface area contributed by atoms with Crippen LogP contribution in [0, 0.1) is 13.8 Å². The molecule has 0 aromatic carbocycles. The van der Waals surface area contributed by atoms with Gasteiger partial charge in [0, 0.05) is 5.56 Å². The summed E-state index contributed by atoms with van der Waals surface area (Å²) in [4.78, 5) is 10.3. The standard InChI is InChI=1S/C8H11NO5S/c1-5-7(6(2)14-9-5)3-15(12,13)4-8(10)11/h3-4H2,1-2H3,(H,10,11). The first-order chi connectivity index (χ1) is 6.82. The molecule has 0 radical (unpaired) electrons. The smallest absolute Gasteiger partial charge is 0.318 e. The van der Waals surface area contributed by atoms with Crippen molar-refractivity contribution >= 4 is 15.8 Å². The van der Waals surface area contributed by atoms with E-state index >= 15 is 0 Å². The second-order valence-corrected chi connectivity index (χ2v) is 5.29. The maximum absolute atomic E-state index is 11.4. The molecule has 0 saturated carbocycles. The van der Waals surface area contributed by atoms with E-state index in [1.54, 1.807) is 13.8 Å². The number of carboxylic acids is 1. The molecule has 1 rings (SSSR count). The van der Waals surface area contributed by atoms with Crippen LogP contribution in [0.15, 0.2) is 4.52 Å². The number of carbonyl (C=O) groups is 1. The van der Waals surface area contributed by atoms with Gasteiger partial charge in [0.05, 0.1) is 11.4 Å². The molecule has 0 amide bonds. The maximum atomic E-state index is 11.4. The number of sulfone groups is 1. The Kier molecular flexibility index (Phi) is 3.13. The number of carboxylic acid groups (broad SMARTS) is 1. The summed E-state index contributed by atoms with van der Waals surface area (Å²) < 4.78 is 27.5. The van der Waals surface area contributed by atoms with E-state index in [-0.39, 0.29) is 5.75 Å². The van der Waals surface area contributed by atoms with E-state index in [0.717, 1.165) is 0 Å². The van der Waals surface area contributed by atoms with Crippen molar-refractivity contribution in [3.63, 3.8) is 0 Å². The molecule has 0 aliphatic heterocycles. The second kappa shape index (κ2) is 4.01. The van der Waals surface area contributed by atoms with Crippen LogP contribution in [0.1, 0.15) is 17.0 Å². The summed E-state index contributed by atoms with van der Waals surface area (Å²) in [5, 5.41) is 12.0. The van der Waals surface area contributed by atoms with Gasteiger partial charge in [0.15, 0.2) is 9.84 Å². The van der Waals surface area contributed by atoms with Crippen LogP contribution in [0.5, 0.6) is 0 Å². The van der Waals surface area contributed by atoms with Gasteiger partial charge in [0.25, 0.3) is 0 Å². The Hall–Kier alpha value is -1.37. The molecule has 0 aliphatic rings. The molecule has 0 atom stereocenters. The first-order valence-electron chi connectivity index (χ1n) is 4.16. The number of aryl methyl sites for hydroxylation is 2. The highest BCUT2D eigenvalue weighted by Gasteiger charge is 2.21. The van der Waals surface area contributed by atoms with Gasteiger partial charge in [-0.15, -0.1) is 0 Å². The summed E-state index contributed by atoms with van der Waals surface area (Å²) in [5.74, 6) is -2.18. The molecule has 0 saturated heterocycles. The van der Waals surface area contributed by atoms with Crippen molar-refractivity contribution in [2.75, 3.05) is 5.75 Å². The van der Waals surface area contributed by atoms with Crippen molar-refractivity contribution in [3.05, 3.63) is 17.0 Å². The molecule has 1 heterocycles. The molecule has 84 valence electrons. The largest absolute Gasteiger partial charge is 0.480 e. The molecule has 0 spiro atoms. The predicted octanol–water partition coefficient (Wildman–Crippen LogP) is 0.291. The molecule has 6 nitrogen and oxygen atoms in total. The third-order valence-electron chi connectivity index (χ3n) is 1.89. The molecule has 0 bridgehead atoms. The van der Waals surface area contributed by atoms with Gasteiger partial charge in [0.2, 0.25) is 0 Å². The van der Waals surface area contributed by atoms with E-state index in [1.165, 1.54) is 0 Å². The highest BCUT2D eigenvalue weighted by Crippen LogP contribution is 2.15. The third-order valence-corrected chi connectivity index (χ3v) is 3.30. The Morgan fingerprint density at radius 2 is 2.07 bits per heavy atom. The van der Waals surface area contributed by atoms with Crippen LogP contribution in [0.3, 0.4) is 0 Å². The van der Waals surface area contributed by atoms with Crippen LogP contribution < -0.4 is 0 Å². The van der Waals surface area contributed by atoms with Crippen LogP contribution >= 0.6 is 0 Å². The number of hydrogen-bond acceptors (Lipinski definition) is 5. The molecule has 0 unspecified atom stereocenters. The van der Waals surface area contributed by atoms with Gasteiger partial charge in [-0.25, -0.2) is 8.42 Å². The summed E-state index contributed by atoms with van der Waals surface area (Å²) in [7, 11) is -3.65. The van der Waals surface area contributed by atoms with E-state index in [2.05, 4.69) is 5.16 Å². The van der Waals surface area contributed by atoms with Crippen LogP contribution in [-0.2, 0) is 20.4 Å². The van der Waals surface area contributed by atoms with Gasteiger partial charge >= 0.3 is 5.97 Å². The average molecular weight is 233 g/mol. The van der Waals surface area contributed by atoms with Gasteiger partial charge in [-0.05, 0) is 13.8 Å². The highest BCUT2D eigenvalue weighted by molar-refractivity contribution is 7.91. The molecule has 15 heavy (non-hydrogen) atoms. The van der Waals surface area contributed by atoms with Crippen molar-refractivity contribution in [1.82, 2.24) is 5.16 Å². The SMILES string of the molecule is Cc1noc(C)c1CS(=O)(=O)CC(=O)O. The molecular weight excluding hydrogens is 222 g/mol. The molecular formula is C8H11NO5S. The maximum Gasteiger partial charge on any atom is 0.318 e. The Morgan fingerprint density at radius 1 is 1.47 bits per heavy atom. The van der Waals surface area contributed by atoms with E-state index in [0.29, 0.717) is 17.0 Å². The summed E-state index contributed by atoms with van der Waals surface area (Å²) in [5.41, 5.74) is 0.915. The van der Waals surface area contributed by atoms with Crippen LogP contribution in [-0.4, -0.2) is 30.4 Å². The molecule has 0 aliphatic carbocycles. The predicted molar refractivity (Wildman–Crippen MR) is 51.1 cm³/mol. The first kappa shape index (κ1) is 11.7. The molecule has 1 aromatic heterocycles. The van der Waals surface area contributed by atoms with Gasteiger partial charge in [-0.3, -0.25) is 4.79 Å². The van der Waals surface area contributed by atoms with Crippen LogP contribution in [0.2, 0.25) is 0 Å². The first-order valence-corrected chi connectivity index (χ1v) is 5.98. The molecule has 1 aromatic rings. The van der Waals surface area contributed by atoms with Gasteiger partial charge in [-0.1, -0.05) is 5.16 Å². The van der Waals surface area contributed by atoms with Crippen LogP contribution in [0.4, 0.5) is 0 Å². The van der Waals surface area contributed by atoms with E-state index in [4.69, 9.17) is 9.63 Å². The number of aromatic nitrogens is 1. The number of hydrogen-bond donors (Lipinski definition) is 1. The summed E-state index contributed by atoms with van der Waals surface area (Å²) in [6, 6.07) is 0. The zero-order valence-electron chi connectivity index (χ0n) is 8.35. The molecule has 1 N–H and O–H groups in total. The van der Waals surface area contributed by atoms with Gasteiger partial charge in [0.1, 0.15) is 11.5 Å². The number of aliphatic carboxylic acids is 1. The molecule has 7 heteroatoms. The van der Waals surface area contributed by atoms with Crippen molar-refractivity contribution in [1.29, 1.82) is 0 Å². The van der Waals surface area contributed by atoms with Crippen molar-refractivity contribution < 1.29 is 22.8 Å². The number of nitrogens with zero attached hydrogens (tertiary/aromatic N) is 1. The Labute approximate surface area is 86.8 Å². The van der Waals surface area contributed by atoms with Gasteiger partial charge < -0.3 is 9.63 Å². The Balaban J connectivity index is 2.91. The monoisotopic (exact) mass is 233 g/mol. The lowest BCUT2D eigenvalue weighted by atomic mass is 10.2. The zero-order valence-corrected chi connectivity index (χ0v) is 9.17. The van der Waals surface area contributed by atoms with E-state index < -0.39 is 21.6 Å². The van der Waals surface area contributed by atoms with Crippen molar-refractivity contribution in [2.45, 2.75) is 19.6 Å².